The van der Waals surface area contributed by atoms with E-state index in [-0.39, 0.29) is 30.0 Å². The predicted octanol–water partition coefficient (Wildman–Crippen LogP) is 2.93. The zero-order valence-electron chi connectivity index (χ0n) is 15.6. The van der Waals surface area contributed by atoms with Crippen LogP contribution in [0.4, 0.5) is 10.1 Å². The van der Waals surface area contributed by atoms with Crippen LogP contribution in [-0.4, -0.2) is 36.5 Å². The molecule has 5 nitrogen and oxygen atoms in total. The predicted molar refractivity (Wildman–Crippen MR) is 103 cm³/mol. The van der Waals surface area contributed by atoms with E-state index in [4.69, 9.17) is 4.74 Å². The summed E-state index contributed by atoms with van der Waals surface area (Å²) in [5.74, 6) is -0.535. The molecule has 1 saturated heterocycles. The fourth-order valence-electron chi connectivity index (χ4n) is 3.83. The summed E-state index contributed by atoms with van der Waals surface area (Å²) in [5.41, 5.74) is 3.27. The molecule has 2 amide bonds. The molecule has 1 N–H and O–H groups in total. The van der Waals surface area contributed by atoms with Crippen LogP contribution in [0.3, 0.4) is 0 Å². The Kier molecular flexibility index (Phi) is 5.39. The van der Waals surface area contributed by atoms with Gasteiger partial charge in [-0.25, -0.2) is 4.39 Å². The maximum Gasteiger partial charge on any atom is 0.228 e. The fourth-order valence-corrected chi connectivity index (χ4v) is 3.83. The number of halogens is 1. The molecule has 0 aliphatic carbocycles. The van der Waals surface area contributed by atoms with Crippen LogP contribution in [0, 0.1) is 11.7 Å². The number of carbonyl (C=O) groups excluding carboxylic acids is 2. The van der Waals surface area contributed by atoms with Crippen molar-refractivity contribution in [2.75, 3.05) is 25.1 Å². The van der Waals surface area contributed by atoms with E-state index >= 15 is 0 Å². The maximum absolute atomic E-state index is 13.7. The van der Waals surface area contributed by atoms with Crippen LogP contribution in [0.15, 0.2) is 42.5 Å². The summed E-state index contributed by atoms with van der Waals surface area (Å²) in [7, 11) is 0. The van der Waals surface area contributed by atoms with Crippen molar-refractivity contribution in [2.24, 2.45) is 5.92 Å². The summed E-state index contributed by atoms with van der Waals surface area (Å²) in [4.78, 5) is 26.8. The molecule has 1 fully saturated rings. The van der Waals surface area contributed by atoms with Gasteiger partial charge in [0.2, 0.25) is 11.8 Å². The lowest BCUT2D eigenvalue weighted by molar-refractivity contribution is -0.136. The lowest BCUT2D eigenvalue weighted by Gasteiger charge is -2.31. The average molecular weight is 382 g/mol. The highest BCUT2D eigenvalue weighted by atomic mass is 19.1. The Labute approximate surface area is 163 Å². The SMILES string of the molecule is O=C(Cc1ccccc1F)Nc1ccc2c(c1)CN(C(=O)C1CCOC1)CC2. The molecule has 146 valence electrons. The number of nitrogens with one attached hydrogen (secondary N) is 1. The van der Waals surface area contributed by atoms with Gasteiger partial charge in [-0.3, -0.25) is 9.59 Å². The second kappa shape index (κ2) is 8.10. The Bertz CT molecular complexity index is 893. The third-order valence-electron chi connectivity index (χ3n) is 5.40. The van der Waals surface area contributed by atoms with Crippen LogP contribution < -0.4 is 5.32 Å². The Hall–Kier alpha value is -2.73. The number of amides is 2. The van der Waals surface area contributed by atoms with E-state index in [0.29, 0.717) is 37.6 Å². The largest absolute Gasteiger partial charge is 0.381 e. The Balaban J connectivity index is 1.42. The van der Waals surface area contributed by atoms with Gasteiger partial charge in [0.15, 0.2) is 0 Å². The number of benzene rings is 2. The Morgan fingerprint density at radius 1 is 1.18 bits per heavy atom. The smallest absolute Gasteiger partial charge is 0.228 e. The van der Waals surface area contributed by atoms with Crippen molar-refractivity contribution in [3.63, 3.8) is 0 Å². The molecule has 2 aliphatic rings. The summed E-state index contributed by atoms with van der Waals surface area (Å²) < 4.78 is 19.1. The number of rotatable bonds is 4. The average Bonchev–Trinajstić information content (AvgIpc) is 3.23. The van der Waals surface area contributed by atoms with E-state index < -0.39 is 0 Å². The van der Waals surface area contributed by atoms with Gasteiger partial charge in [-0.2, -0.15) is 0 Å². The first-order chi connectivity index (χ1) is 13.6. The van der Waals surface area contributed by atoms with E-state index in [1.165, 1.54) is 11.6 Å². The molecule has 1 unspecified atom stereocenters. The highest BCUT2D eigenvalue weighted by Gasteiger charge is 2.30. The summed E-state index contributed by atoms with van der Waals surface area (Å²) >= 11 is 0. The monoisotopic (exact) mass is 382 g/mol. The first kappa shape index (κ1) is 18.6. The van der Waals surface area contributed by atoms with E-state index in [1.807, 2.05) is 23.1 Å². The molecule has 2 heterocycles. The van der Waals surface area contributed by atoms with Gasteiger partial charge in [0.25, 0.3) is 0 Å². The van der Waals surface area contributed by atoms with Gasteiger partial charge < -0.3 is 15.0 Å². The molecule has 2 aromatic carbocycles. The second-order valence-electron chi connectivity index (χ2n) is 7.37. The van der Waals surface area contributed by atoms with Crippen molar-refractivity contribution >= 4 is 17.5 Å². The van der Waals surface area contributed by atoms with Gasteiger partial charge in [0.1, 0.15) is 5.82 Å². The van der Waals surface area contributed by atoms with Crippen LogP contribution in [-0.2, 0) is 33.7 Å². The lowest BCUT2D eigenvalue weighted by atomic mass is 9.97. The molecule has 2 aromatic rings. The minimum Gasteiger partial charge on any atom is -0.381 e. The van der Waals surface area contributed by atoms with Crippen molar-refractivity contribution in [1.29, 1.82) is 0 Å². The van der Waals surface area contributed by atoms with Crippen molar-refractivity contribution in [1.82, 2.24) is 4.90 Å². The normalized spacial score (nSPS) is 18.6. The molecule has 6 heteroatoms. The number of hydrogen-bond donors (Lipinski definition) is 1. The van der Waals surface area contributed by atoms with Crippen molar-refractivity contribution < 1.29 is 18.7 Å². The third kappa shape index (κ3) is 4.07. The number of ether oxygens (including phenoxy) is 1. The second-order valence-corrected chi connectivity index (χ2v) is 7.37. The quantitative estimate of drug-likeness (QED) is 0.885. The van der Waals surface area contributed by atoms with Crippen LogP contribution in [0.25, 0.3) is 0 Å². The van der Waals surface area contributed by atoms with E-state index in [0.717, 1.165) is 18.4 Å². The van der Waals surface area contributed by atoms with Gasteiger partial charge in [0, 0.05) is 25.4 Å². The molecule has 28 heavy (non-hydrogen) atoms. The number of nitrogens with zero attached hydrogens (tertiary/aromatic N) is 1. The van der Waals surface area contributed by atoms with Gasteiger partial charge in [-0.1, -0.05) is 24.3 Å². The van der Waals surface area contributed by atoms with Crippen molar-refractivity contribution in [3.8, 4) is 0 Å². The molecule has 2 aliphatic heterocycles. The van der Waals surface area contributed by atoms with E-state index in [9.17, 15) is 14.0 Å². The first-order valence-corrected chi connectivity index (χ1v) is 9.62. The molecule has 0 bridgehead atoms. The minimum absolute atomic E-state index is 0.0178. The molecule has 0 saturated carbocycles. The fraction of sp³-hybridized carbons (Fsp3) is 0.364. The van der Waals surface area contributed by atoms with Crippen LogP contribution in [0.2, 0.25) is 0 Å². The summed E-state index contributed by atoms with van der Waals surface area (Å²) in [6, 6.07) is 12.0. The zero-order valence-corrected chi connectivity index (χ0v) is 15.6. The first-order valence-electron chi connectivity index (χ1n) is 9.62. The zero-order chi connectivity index (χ0) is 19.5. The Morgan fingerprint density at radius 3 is 2.82 bits per heavy atom. The van der Waals surface area contributed by atoms with E-state index in [1.54, 1.807) is 18.2 Å². The maximum atomic E-state index is 13.7. The van der Waals surface area contributed by atoms with Crippen LogP contribution in [0.1, 0.15) is 23.1 Å². The number of anilines is 1. The molecule has 4 rings (SSSR count). The Morgan fingerprint density at radius 2 is 2.04 bits per heavy atom. The van der Waals surface area contributed by atoms with Crippen molar-refractivity contribution in [3.05, 3.63) is 65.0 Å². The van der Waals surface area contributed by atoms with Gasteiger partial charge in [-0.15, -0.1) is 0 Å². The van der Waals surface area contributed by atoms with Crippen molar-refractivity contribution in [2.45, 2.75) is 25.8 Å². The molecule has 0 aromatic heterocycles. The number of carbonyl (C=O) groups is 2. The number of hydrogen-bond acceptors (Lipinski definition) is 3. The molecular formula is C22H23FN2O3. The molecule has 0 radical (unpaired) electrons. The highest BCUT2D eigenvalue weighted by Crippen LogP contribution is 2.25. The molecule has 0 spiro atoms. The van der Waals surface area contributed by atoms with Gasteiger partial charge in [0.05, 0.1) is 18.9 Å². The minimum atomic E-state index is -0.381. The highest BCUT2D eigenvalue weighted by molar-refractivity contribution is 5.92. The van der Waals surface area contributed by atoms with Gasteiger partial charge in [-0.05, 0) is 47.7 Å². The summed E-state index contributed by atoms with van der Waals surface area (Å²) in [5, 5.41) is 2.84. The lowest BCUT2D eigenvalue weighted by Crippen LogP contribution is -2.40. The summed E-state index contributed by atoms with van der Waals surface area (Å²) in [6.45, 7) is 2.41. The molecule has 1 atom stereocenters. The van der Waals surface area contributed by atoms with E-state index in [2.05, 4.69) is 5.32 Å². The topological polar surface area (TPSA) is 58.6 Å². The van der Waals surface area contributed by atoms with Gasteiger partial charge >= 0.3 is 0 Å². The summed E-state index contributed by atoms with van der Waals surface area (Å²) in [6.07, 6.45) is 1.57. The van der Waals surface area contributed by atoms with Crippen LogP contribution in [0.5, 0.6) is 0 Å². The van der Waals surface area contributed by atoms with Crippen LogP contribution >= 0.6 is 0 Å². The molecular weight excluding hydrogens is 359 g/mol. The third-order valence-corrected chi connectivity index (χ3v) is 5.40. The standard InChI is InChI=1S/C22H23FN2O3/c23-20-4-2-1-3-16(20)12-21(26)24-19-6-5-15-7-9-25(13-18(15)11-19)22(27)17-8-10-28-14-17/h1-6,11,17H,7-10,12-14H2,(H,24,26). The number of fused-ring (bicyclic) bond motifs is 1.